The number of hydrogen-bond acceptors (Lipinski definition) is 3. The summed E-state index contributed by atoms with van der Waals surface area (Å²) >= 11 is 1.26. The van der Waals surface area contributed by atoms with Crippen LogP contribution in [0.1, 0.15) is 28.1 Å². The number of phenols is 1. The Balaban J connectivity index is 1.89. The second kappa shape index (κ2) is 4.90. The number of phenolic OH excluding ortho intramolecular Hbond substituents is 1. The van der Waals surface area contributed by atoms with Crippen LogP contribution in [0.25, 0.3) is 10.4 Å². The second-order valence-corrected chi connectivity index (χ2v) is 6.11. The zero-order valence-electron chi connectivity index (χ0n) is 10.9. The van der Waals surface area contributed by atoms with Crippen LogP contribution in [0, 0.1) is 12.7 Å². The summed E-state index contributed by atoms with van der Waals surface area (Å²) < 4.78 is 13.9. The summed E-state index contributed by atoms with van der Waals surface area (Å²) in [7, 11) is 0. The Kier molecular flexibility index (Phi) is 3.22. The Bertz CT molecular complexity index is 677. The van der Waals surface area contributed by atoms with E-state index in [1.807, 2.05) is 0 Å². The van der Waals surface area contributed by atoms with Crippen LogP contribution in [-0.2, 0) is 0 Å². The third-order valence-electron chi connectivity index (χ3n) is 3.29. The van der Waals surface area contributed by atoms with Crippen LogP contribution in [0.2, 0.25) is 0 Å². The molecule has 1 aromatic carbocycles. The van der Waals surface area contributed by atoms with Crippen LogP contribution in [0.5, 0.6) is 5.75 Å². The first-order valence-corrected chi connectivity index (χ1v) is 7.26. The Morgan fingerprint density at radius 2 is 2.15 bits per heavy atom. The first kappa shape index (κ1) is 13.1. The summed E-state index contributed by atoms with van der Waals surface area (Å²) in [6.45, 7) is 1.71. The first-order valence-electron chi connectivity index (χ1n) is 6.45. The molecule has 1 saturated carbocycles. The summed E-state index contributed by atoms with van der Waals surface area (Å²) in [5.41, 5.74) is 1.02. The van der Waals surface area contributed by atoms with Crippen molar-refractivity contribution in [1.29, 1.82) is 0 Å². The lowest BCUT2D eigenvalue weighted by Gasteiger charge is -2.04. The maximum absolute atomic E-state index is 13.9. The third-order valence-corrected chi connectivity index (χ3v) is 4.41. The molecule has 1 aliphatic carbocycles. The van der Waals surface area contributed by atoms with Gasteiger partial charge >= 0.3 is 0 Å². The molecule has 104 valence electrons. The molecule has 2 N–H and O–H groups in total. The Morgan fingerprint density at radius 3 is 2.85 bits per heavy atom. The summed E-state index contributed by atoms with van der Waals surface area (Å²) in [4.78, 5) is 13.2. The molecule has 3 rings (SSSR count). The molecule has 0 aliphatic heterocycles. The van der Waals surface area contributed by atoms with E-state index in [0.29, 0.717) is 26.9 Å². The van der Waals surface area contributed by atoms with Crippen LogP contribution in [-0.4, -0.2) is 17.1 Å². The molecule has 1 heterocycles. The summed E-state index contributed by atoms with van der Waals surface area (Å²) in [6.07, 6.45) is 2.07. The van der Waals surface area contributed by atoms with Gasteiger partial charge in [-0.2, -0.15) is 0 Å². The monoisotopic (exact) mass is 291 g/mol. The van der Waals surface area contributed by atoms with E-state index in [9.17, 15) is 14.3 Å². The quantitative estimate of drug-likeness (QED) is 0.910. The Morgan fingerprint density at radius 1 is 1.40 bits per heavy atom. The van der Waals surface area contributed by atoms with E-state index in [4.69, 9.17) is 0 Å². The van der Waals surface area contributed by atoms with E-state index in [1.54, 1.807) is 25.1 Å². The highest BCUT2D eigenvalue weighted by Gasteiger charge is 2.24. The fourth-order valence-electron chi connectivity index (χ4n) is 1.95. The molecule has 0 atom stereocenters. The Hall–Kier alpha value is -1.88. The van der Waals surface area contributed by atoms with Gasteiger partial charge < -0.3 is 10.4 Å². The van der Waals surface area contributed by atoms with Gasteiger partial charge in [0.1, 0.15) is 11.6 Å². The van der Waals surface area contributed by atoms with Crippen molar-refractivity contribution in [2.24, 2.45) is 0 Å². The summed E-state index contributed by atoms with van der Waals surface area (Å²) in [5, 5.41) is 12.4. The molecule has 0 radical (unpaired) electrons. The van der Waals surface area contributed by atoms with Gasteiger partial charge in [0.15, 0.2) is 0 Å². The van der Waals surface area contributed by atoms with Crippen molar-refractivity contribution >= 4 is 17.2 Å². The van der Waals surface area contributed by atoms with Crippen molar-refractivity contribution in [2.45, 2.75) is 25.8 Å². The summed E-state index contributed by atoms with van der Waals surface area (Å²) in [5.74, 6) is -0.640. The number of hydrogen-bond donors (Lipinski definition) is 2. The maximum Gasteiger partial charge on any atom is 0.261 e. The van der Waals surface area contributed by atoms with Gasteiger partial charge in [0.25, 0.3) is 5.91 Å². The van der Waals surface area contributed by atoms with Crippen LogP contribution >= 0.6 is 11.3 Å². The van der Waals surface area contributed by atoms with E-state index in [0.717, 1.165) is 18.9 Å². The van der Waals surface area contributed by atoms with Crippen LogP contribution in [0.3, 0.4) is 0 Å². The van der Waals surface area contributed by atoms with Gasteiger partial charge in [-0.3, -0.25) is 4.79 Å². The number of benzene rings is 1. The van der Waals surface area contributed by atoms with Gasteiger partial charge in [-0.25, -0.2) is 4.39 Å². The van der Waals surface area contributed by atoms with E-state index >= 15 is 0 Å². The average molecular weight is 291 g/mol. The van der Waals surface area contributed by atoms with Crippen molar-refractivity contribution in [3.8, 4) is 16.2 Å². The molecular formula is C15H14FNO2S. The van der Waals surface area contributed by atoms with Crippen molar-refractivity contribution in [1.82, 2.24) is 5.32 Å². The molecule has 0 unspecified atom stereocenters. The van der Waals surface area contributed by atoms with Gasteiger partial charge in [0.2, 0.25) is 0 Å². The van der Waals surface area contributed by atoms with Gasteiger partial charge in [-0.15, -0.1) is 11.3 Å². The highest BCUT2D eigenvalue weighted by molar-refractivity contribution is 7.17. The highest BCUT2D eigenvalue weighted by Crippen LogP contribution is 2.33. The van der Waals surface area contributed by atoms with E-state index in [2.05, 4.69) is 5.32 Å². The molecule has 1 fully saturated rings. The van der Waals surface area contributed by atoms with Crippen molar-refractivity contribution in [2.75, 3.05) is 0 Å². The fourth-order valence-corrected chi connectivity index (χ4v) is 2.88. The number of aromatic hydroxyl groups is 1. The maximum atomic E-state index is 13.9. The van der Waals surface area contributed by atoms with Crippen LogP contribution in [0.15, 0.2) is 24.3 Å². The second-order valence-electron chi connectivity index (χ2n) is 5.03. The molecule has 0 saturated heterocycles. The largest absolute Gasteiger partial charge is 0.508 e. The minimum Gasteiger partial charge on any atom is -0.508 e. The number of amides is 1. The Labute approximate surface area is 120 Å². The molecule has 1 amide bonds. The fraction of sp³-hybridized carbons (Fsp3) is 0.267. The standard InChI is InChI=1S/C15H14FNO2S/c1-8-6-10(11(16)7-12(8)18)13-4-5-14(20-13)15(19)17-9-2-3-9/h4-7,9,18H,2-3H2,1H3,(H,17,19). The number of thiophene rings is 1. The smallest absolute Gasteiger partial charge is 0.261 e. The van der Waals surface area contributed by atoms with Crippen molar-refractivity contribution in [3.05, 3.63) is 40.5 Å². The highest BCUT2D eigenvalue weighted by atomic mass is 32.1. The SMILES string of the molecule is Cc1cc(-c2ccc(C(=O)NC3CC3)s2)c(F)cc1O. The van der Waals surface area contributed by atoms with Crippen molar-refractivity contribution in [3.63, 3.8) is 0 Å². The first-order chi connectivity index (χ1) is 9.54. The summed E-state index contributed by atoms with van der Waals surface area (Å²) in [6, 6.07) is 6.45. The van der Waals surface area contributed by atoms with Gasteiger partial charge in [-0.05, 0) is 43.5 Å². The molecule has 20 heavy (non-hydrogen) atoms. The van der Waals surface area contributed by atoms with Gasteiger partial charge in [0.05, 0.1) is 4.88 Å². The van der Waals surface area contributed by atoms with E-state index < -0.39 is 5.82 Å². The number of aryl methyl sites for hydroxylation is 1. The normalized spacial score (nSPS) is 14.3. The third kappa shape index (κ3) is 2.54. The molecule has 5 heteroatoms. The van der Waals surface area contributed by atoms with Gasteiger partial charge in [0, 0.05) is 22.5 Å². The van der Waals surface area contributed by atoms with E-state index in [1.165, 1.54) is 11.3 Å². The molecule has 0 bridgehead atoms. The molecule has 2 aromatic rings. The van der Waals surface area contributed by atoms with Crippen molar-refractivity contribution < 1.29 is 14.3 Å². The number of halogens is 1. The molecule has 0 spiro atoms. The van der Waals surface area contributed by atoms with E-state index in [-0.39, 0.29) is 11.7 Å². The lowest BCUT2D eigenvalue weighted by atomic mass is 10.1. The molecule has 1 aliphatic rings. The topological polar surface area (TPSA) is 49.3 Å². The predicted octanol–water partition coefficient (Wildman–Crippen LogP) is 3.46. The number of nitrogens with one attached hydrogen (secondary N) is 1. The zero-order valence-corrected chi connectivity index (χ0v) is 11.8. The molecule has 3 nitrogen and oxygen atoms in total. The number of carbonyl (C=O) groups is 1. The molecule has 1 aromatic heterocycles. The van der Waals surface area contributed by atoms with Crippen LogP contribution < -0.4 is 5.32 Å². The molecular weight excluding hydrogens is 277 g/mol. The lowest BCUT2D eigenvalue weighted by Crippen LogP contribution is -2.24. The van der Waals surface area contributed by atoms with Crippen LogP contribution in [0.4, 0.5) is 4.39 Å². The average Bonchev–Trinajstić information content (AvgIpc) is 3.07. The lowest BCUT2D eigenvalue weighted by molar-refractivity contribution is 0.0955. The predicted molar refractivity (Wildman–Crippen MR) is 76.6 cm³/mol. The van der Waals surface area contributed by atoms with Gasteiger partial charge in [-0.1, -0.05) is 0 Å². The number of rotatable bonds is 3. The minimum atomic E-state index is -0.482. The minimum absolute atomic E-state index is 0.0606. The zero-order chi connectivity index (χ0) is 14.3. The number of carbonyl (C=O) groups excluding carboxylic acids is 1.